The molecule has 1 aromatic carbocycles. The maximum atomic E-state index is 13.2. The van der Waals surface area contributed by atoms with Gasteiger partial charge in [-0.25, -0.2) is 4.79 Å². The van der Waals surface area contributed by atoms with Gasteiger partial charge in [0.1, 0.15) is 17.7 Å². The molecule has 4 atom stereocenters. The Morgan fingerprint density at radius 2 is 2.03 bits per heavy atom. The zero-order valence-electron chi connectivity index (χ0n) is 18.4. The summed E-state index contributed by atoms with van der Waals surface area (Å²) in [5.74, 6) is -0.784. The number of allylic oxidation sites excluding steroid dienone is 1. The van der Waals surface area contributed by atoms with Gasteiger partial charge in [-0.05, 0) is 62.5 Å². The van der Waals surface area contributed by atoms with E-state index < -0.39 is 17.1 Å². The second-order valence-electron chi connectivity index (χ2n) is 9.32. The maximum Gasteiger partial charge on any atom is 0.410 e. The topological polar surface area (TPSA) is 105 Å². The molecule has 1 aliphatic heterocycles. The molecule has 1 aliphatic carbocycles. The van der Waals surface area contributed by atoms with Crippen LogP contribution < -0.4 is 0 Å². The van der Waals surface area contributed by atoms with Gasteiger partial charge >= 0.3 is 12.1 Å². The molecule has 3 rings (SSSR count). The van der Waals surface area contributed by atoms with Crippen LogP contribution >= 0.6 is 0 Å². The van der Waals surface area contributed by atoms with Crippen LogP contribution in [0.25, 0.3) is 10.4 Å². The first-order valence-corrected chi connectivity index (χ1v) is 10.6. The first kappa shape index (κ1) is 22.7. The molecule has 1 saturated carbocycles. The van der Waals surface area contributed by atoms with E-state index in [0.717, 1.165) is 5.56 Å². The van der Waals surface area contributed by atoms with Crippen molar-refractivity contribution in [2.75, 3.05) is 13.1 Å². The van der Waals surface area contributed by atoms with Gasteiger partial charge in [-0.3, -0.25) is 4.79 Å². The Bertz CT molecular complexity index is 875. The summed E-state index contributed by atoms with van der Waals surface area (Å²) in [5.41, 5.74) is 8.27. The lowest BCUT2D eigenvalue weighted by atomic mass is 9.81. The van der Waals surface area contributed by atoms with Crippen LogP contribution in [-0.4, -0.2) is 41.2 Å². The number of fused-ring (bicyclic) bond motifs is 1. The van der Waals surface area contributed by atoms with Gasteiger partial charge in [0, 0.05) is 18.0 Å². The van der Waals surface area contributed by atoms with E-state index in [1.807, 2.05) is 51.1 Å². The van der Waals surface area contributed by atoms with Gasteiger partial charge in [0.15, 0.2) is 0 Å². The lowest BCUT2D eigenvalue weighted by Gasteiger charge is -2.32. The monoisotopic (exact) mass is 426 g/mol. The molecule has 0 spiro atoms. The van der Waals surface area contributed by atoms with Gasteiger partial charge in [-0.15, -0.1) is 6.58 Å². The number of nitrogens with zero attached hydrogens (tertiary/aromatic N) is 4. The molecule has 1 unspecified atom stereocenters. The van der Waals surface area contributed by atoms with E-state index in [1.165, 1.54) is 0 Å². The van der Waals surface area contributed by atoms with Crippen molar-refractivity contribution in [2.45, 2.75) is 51.4 Å². The predicted molar refractivity (Wildman–Crippen MR) is 116 cm³/mol. The standard InChI is InChI=1S/C23H30N4O4/c1-5-9-19-18-14-27(21(29)31-22(2,3)4)13-17(18)12-23(19,25-26-24)20(28)30-15-16-10-7-6-8-11-16/h5-8,10-11,17-19H,1,9,12-15H2,2-4H3/t17-,18+,19-,23?/m0/s1. The van der Waals surface area contributed by atoms with E-state index in [4.69, 9.17) is 9.47 Å². The first-order chi connectivity index (χ1) is 14.7. The minimum Gasteiger partial charge on any atom is -0.460 e. The number of esters is 1. The molecule has 2 fully saturated rings. The number of ether oxygens (including phenoxy) is 2. The molecule has 31 heavy (non-hydrogen) atoms. The normalized spacial score (nSPS) is 27.2. The predicted octanol–water partition coefficient (Wildman–Crippen LogP) is 4.86. The molecule has 1 amide bonds. The fourth-order valence-electron chi connectivity index (χ4n) is 4.82. The quantitative estimate of drug-likeness (QED) is 0.213. The zero-order valence-corrected chi connectivity index (χ0v) is 18.4. The lowest BCUT2D eigenvalue weighted by Crippen LogP contribution is -2.45. The summed E-state index contributed by atoms with van der Waals surface area (Å²) < 4.78 is 11.1. The SMILES string of the molecule is C=CC[C@H]1[C@@H]2CN(C(=O)OC(C)(C)C)C[C@@H]2CC1(N=[N+]=[N-])C(=O)OCc1ccccc1. The summed E-state index contributed by atoms with van der Waals surface area (Å²) in [6.07, 6.45) is 2.20. The molecule has 0 bridgehead atoms. The molecule has 1 aromatic rings. The number of carbonyl (C=O) groups is 2. The number of hydrogen-bond donors (Lipinski definition) is 0. The van der Waals surface area contributed by atoms with Gasteiger partial charge in [0.05, 0.1) is 0 Å². The molecule has 8 nitrogen and oxygen atoms in total. The van der Waals surface area contributed by atoms with E-state index >= 15 is 0 Å². The molecule has 1 saturated heterocycles. The summed E-state index contributed by atoms with van der Waals surface area (Å²) >= 11 is 0. The molecular weight excluding hydrogens is 396 g/mol. The van der Waals surface area contributed by atoms with E-state index in [1.54, 1.807) is 11.0 Å². The minimum atomic E-state index is -1.30. The summed E-state index contributed by atoms with van der Waals surface area (Å²) in [5, 5.41) is 4.00. The van der Waals surface area contributed by atoms with Crippen LogP contribution in [0.15, 0.2) is 48.1 Å². The number of amides is 1. The average Bonchev–Trinajstić information content (AvgIpc) is 3.24. The number of benzene rings is 1. The number of rotatable bonds is 6. The second-order valence-corrected chi connectivity index (χ2v) is 9.32. The van der Waals surface area contributed by atoms with Crippen LogP contribution in [0.1, 0.15) is 39.2 Å². The molecule has 2 aliphatic rings. The summed E-state index contributed by atoms with van der Waals surface area (Å²) in [6.45, 7) is 10.3. The third-order valence-corrected chi connectivity index (χ3v) is 6.06. The summed E-state index contributed by atoms with van der Waals surface area (Å²) in [4.78, 5) is 30.5. The van der Waals surface area contributed by atoms with E-state index in [2.05, 4.69) is 16.6 Å². The number of carbonyl (C=O) groups excluding carboxylic acids is 2. The molecule has 0 radical (unpaired) electrons. The van der Waals surface area contributed by atoms with Crippen molar-refractivity contribution in [3.63, 3.8) is 0 Å². The highest BCUT2D eigenvalue weighted by Crippen LogP contribution is 2.52. The van der Waals surface area contributed by atoms with Crippen LogP contribution in [0.5, 0.6) is 0 Å². The lowest BCUT2D eigenvalue weighted by molar-refractivity contribution is -0.153. The van der Waals surface area contributed by atoms with Crippen molar-refractivity contribution >= 4 is 12.1 Å². The third kappa shape index (κ3) is 4.85. The van der Waals surface area contributed by atoms with Crippen molar-refractivity contribution in [3.05, 3.63) is 59.0 Å². The molecular formula is C23H30N4O4. The van der Waals surface area contributed by atoms with Crippen molar-refractivity contribution in [1.29, 1.82) is 0 Å². The van der Waals surface area contributed by atoms with Crippen molar-refractivity contribution < 1.29 is 19.1 Å². The highest BCUT2D eigenvalue weighted by atomic mass is 16.6. The Hall–Kier alpha value is -2.99. The first-order valence-electron chi connectivity index (χ1n) is 10.6. The van der Waals surface area contributed by atoms with Crippen LogP contribution in [0.4, 0.5) is 4.79 Å². The average molecular weight is 427 g/mol. The van der Waals surface area contributed by atoms with Crippen molar-refractivity contribution in [1.82, 2.24) is 4.90 Å². The summed E-state index contributed by atoms with van der Waals surface area (Å²) in [7, 11) is 0. The van der Waals surface area contributed by atoms with Crippen LogP contribution in [0.3, 0.4) is 0 Å². The van der Waals surface area contributed by atoms with Crippen molar-refractivity contribution in [2.24, 2.45) is 22.9 Å². The molecule has 1 heterocycles. The maximum absolute atomic E-state index is 13.2. The van der Waals surface area contributed by atoms with Crippen LogP contribution in [0.2, 0.25) is 0 Å². The van der Waals surface area contributed by atoms with E-state index in [9.17, 15) is 15.1 Å². The number of likely N-dealkylation sites (tertiary alicyclic amines) is 1. The molecule has 166 valence electrons. The highest BCUT2D eigenvalue weighted by molar-refractivity contribution is 5.82. The largest absolute Gasteiger partial charge is 0.460 e. The fraction of sp³-hybridized carbons (Fsp3) is 0.565. The smallest absolute Gasteiger partial charge is 0.410 e. The van der Waals surface area contributed by atoms with Gasteiger partial charge < -0.3 is 14.4 Å². The number of hydrogen-bond acceptors (Lipinski definition) is 5. The Kier molecular flexibility index (Phi) is 6.60. The van der Waals surface area contributed by atoms with E-state index in [0.29, 0.717) is 25.9 Å². The zero-order chi connectivity index (χ0) is 22.6. The third-order valence-electron chi connectivity index (χ3n) is 6.06. The minimum absolute atomic E-state index is 0.000272. The van der Waals surface area contributed by atoms with Crippen LogP contribution in [-0.2, 0) is 20.9 Å². The number of azide groups is 1. The Morgan fingerprint density at radius 3 is 2.65 bits per heavy atom. The highest BCUT2D eigenvalue weighted by Gasteiger charge is 2.60. The molecule has 8 heteroatoms. The second kappa shape index (κ2) is 9.02. The Balaban J connectivity index is 1.79. The molecule has 0 aromatic heterocycles. The van der Waals surface area contributed by atoms with E-state index in [-0.39, 0.29) is 30.5 Å². The Labute approximate surface area is 182 Å². The fourth-order valence-corrected chi connectivity index (χ4v) is 4.82. The van der Waals surface area contributed by atoms with Crippen molar-refractivity contribution in [3.8, 4) is 0 Å². The Morgan fingerprint density at radius 1 is 1.32 bits per heavy atom. The van der Waals surface area contributed by atoms with Gasteiger partial charge in [0.25, 0.3) is 0 Å². The van der Waals surface area contributed by atoms with Gasteiger partial charge in [-0.1, -0.05) is 41.5 Å². The van der Waals surface area contributed by atoms with Gasteiger partial charge in [-0.2, -0.15) is 0 Å². The van der Waals surface area contributed by atoms with Crippen LogP contribution in [0, 0.1) is 17.8 Å². The summed E-state index contributed by atoms with van der Waals surface area (Å²) in [6, 6.07) is 9.38. The van der Waals surface area contributed by atoms with Gasteiger partial charge in [0.2, 0.25) is 0 Å². The molecule has 0 N–H and O–H groups in total.